The fourth-order valence-electron chi connectivity index (χ4n) is 3.19. The van der Waals surface area contributed by atoms with Crippen molar-refractivity contribution in [2.45, 2.75) is 13.1 Å². The molecule has 12 heteroatoms. The van der Waals surface area contributed by atoms with Gasteiger partial charge < -0.3 is 24.4 Å². The lowest BCUT2D eigenvalue weighted by Gasteiger charge is -2.26. The molecule has 8 nitrogen and oxygen atoms in total. The molecule has 0 bridgehead atoms. The van der Waals surface area contributed by atoms with E-state index in [0.717, 1.165) is 6.07 Å². The number of carbonyl (C=O) groups is 1. The maximum Gasteiger partial charge on any atom is 0.418 e. The fourth-order valence-corrected chi connectivity index (χ4v) is 3.35. The van der Waals surface area contributed by atoms with Gasteiger partial charge in [-0.25, -0.2) is 0 Å². The van der Waals surface area contributed by atoms with Crippen molar-refractivity contribution in [2.24, 2.45) is 5.10 Å². The summed E-state index contributed by atoms with van der Waals surface area (Å²) in [5.41, 5.74) is 2.09. The third-order valence-corrected chi connectivity index (χ3v) is 5.04. The number of hydrogen-bond acceptors (Lipinski definition) is 6. The molecule has 0 atom stereocenters. The number of morpholine rings is 1. The van der Waals surface area contributed by atoms with Gasteiger partial charge >= 0.3 is 6.18 Å². The van der Waals surface area contributed by atoms with E-state index in [1.165, 1.54) is 24.4 Å². The minimum absolute atomic E-state index is 0.107. The second-order valence-corrected chi connectivity index (χ2v) is 7.70. The van der Waals surface area contributed by atoms with Crippen LogP contribution in [0.1, 0.15) is 18.1 Å². The summed E-state index contributed by atoms with van der Waals surface area (Å²) < 4.78 is 55.9. The molecule has 1 fully saturated rings. The van der Waals surface area contributed by atoms with Gasteiger partial charge in [0.15, 0.2) is 23.2 Å². The molecule has 1 aliphatic heterocycles. The minimum Gasteiger partial charge on any atom is -0.490 e. The Hall–Kier alpha value is -3.38. The van der Waals surface area contributed by atoms with Crippen molar-refractivity contribution in [1.29, 1.82) is 0 Å². The van der Waals surface area contributed by atoms with Crippen molar-refractivity contribution in [3.05, 3.63) is 53.6 Å². The van der Waals surface area contributed by atoms with Crippen LogP contribution in [-0.2, 0) is 15.7 Å². The van der Waals surface area contributed by atoms with Gasteiger partial charge in [-0.3, -0.25) is 10.2 Å². The normalized spacial score (nSPS) is 14.0. The lowest BCUT2D eigenvalue weighted by Crippen LogP contribution is -2.43. The first-order valence-corrected chi connectivity index (χ1v) is 11.2. The summed E-state index contributed by atoms with van der Waals surface area (Å²) in [6.45, 7) is 4.13. The number of benzene rings is 2. The van der Waals surface area contributed by atoms with Gasteiger partial charge in [0.05, 0.1) is 37.3 Å². The molecule has 35 heavy (non-hydrogen) atoms. The molecule has 0 aromatic heterocycles. The maximum atomic E-state index is 13.1. The molecule has 1 aliphatic rings. The SMILES string of the molecule is CCOc1cc(/C=N\NC(=S)Nc2ccccc2C(F)(F)F)ccc1OCC(=O)N1CCOCC1. The van der Waals surface area contributed by atoms with Crippen LogP contribution < -0.4 is 20.2 Å². The summed E-state index contributed by atoms with van der Waals surface area (Å²) in [4.78, 5) is 14.0. The molecule has 1 heterocycles. The van der Waals surface area contributed by atoms with Crippen LogP contribution in [0.3, 0.4) is 0 Å². The van der Waals surface area contributed by atoms with Crippen LogP contribution in [0, 0.1) is 0 Å². The predicted octanol–water partition coefficient (Wildman–Crippen LogP) is 3.66. The van der Waals surface area contributed by atoms with Crippen molar-refractivity contribution in [2.75, 3.05) is 44.8 Å². The lowest BCUT2D eigenvalue weighted by molar-refractivity contribution is -0.137. The topological polar surface area (TPSA) is 84.4 Å². The van der Waals surface area contributed by atoms with Gasteiger partial charge in [0.2, 0.25) is 0 Å². The van der Waals surface area contributed by atoms with Crippen molar-refractivity contribution < 1.29 is 32.2 Å². The van der Waals surface area contributed by atoms with E-state index < -0.39 is 11.7 Å². The number of rotatable bonds is 8. The Labute approximate surface area is 206 Å². The number of carbonyl (C=O) groups excluding carboxylic acids is 1. The molecule has 188 valence electrons. The lowest BCUT2D eigenvalue weighted by atomic mass is 10.2. The Kier molecular flexibility index (Phi) is 9.26. The first kappa shape index (κ1) is 26.2. The number of nitrogens with one attached hydrogen (secondary N) is 2. The van der Waals surface area contributed by atoms with Gasteiger partial charge in [-0.2, -0.15) is 18.3 Å². The Morgan fingerprint density at radius 2 is 1.91 bits per heavy atom. The van der Waals surface area contributed by atoms with E-state index in [1.54, 1.807) is 23.1 Å². The number of nitrogens with zero attached hydrogens (tertiary/aromatic N) is 2. The van der Waals surface area contributed by atoms with E-state index in [0.29, 0.717) is 50.0 Å². The van der Waals surface area contributed by atoms with Crippen molar-refractivity contribution >= 4 is 35.1 Å². The number of alkyl halides is 3. The summed E-state index contributed by atoms with van der Waals surface area (Å²) in [6.07, 6.45) is -3.09. The van der Waals surface area contributed by atoms with Crippen molar-refractivity contribution in [3.63, 3.8) is 0 Å². The Balaban J connectivity index is 1.59. The zero-order valence-electron chi connectivity index (χ0n) is 18.9. The Morgan fingerprint density at radius 1 is 1.17 bits per heavy atom. The molecule has 0 saturated carbocycles. The van der Waals surface area contributed by atoms with Crippen molar-refractivity contribution in [3.8, 4) is 11.5 Å². The third-order valence-electron chi connectivity index (χ3n) is 4.84. The van der Waals surface area contributed by atoms with E-state index in [2.05, 4.69) is 15.8 Å². The average molecular weight is 511 g/mol. The number of anilines is 1. The molecule has 0 aliphatic carbocycles. The number of halogens is 3. The Morgan fingerprint density at radius 3 is 2.63 bits per heavy atom. The van der Waals surface area contributed by atoms with Gasteiger partial charge in [-0.05, 0) is 55.0 Å². The van der Waals surface area contributed by atoms with E-state index in [9.17, 15) is 18.0 Å². The van der Waals surface area contributed by atoms with Crippen LogP contribution in [0.15, 0.2) is 47.6 Å². The smallest absolute Gasteiger partial charge is 0.418 e. The van der Waals surface area contributed by atoms with Gasteiger partial charge in [0.25, 0.3) is 5.91 Å². The number of amides is 1. The zero-order chi connectivity index (χ0) is 25.3. The number of para-hydroxylation sites is 1. The standard InChI is InChI=1S/C23H25F3N4O4S/c1-2-33-20-13-16(7-8-19(20)34-15-21(31)30-9-11-32-12-10-30)14-27-29-22(35)28-18-6-4-3-5-17(18)23(24,25)26/h3-8,13-14H,2,9-12,15H2,1H3,(H2,28,29,35)/b27-14-. The Bertz CT molecular complexity index is 1060. The molecule has 1 saturated heterocycles. The fraction of sp³-hybridized carbons (Fsp3) is 0.348. The molecule has 0 unspecified atom stereocenters. The molecule has 1 amide bonds. The quantitative estimate of drug-likeness (QED) is 0.319. The second kappa shape index (κ2) is 12.4. The second-order valence-electron chi connectivity index (χ2n) is 7.29. The van der Waals surface area contributed by atoms with Gasteiger partial charge in [-0.1, -0.05) is 12.1 Å². The zero-order valence-corrected chi connectivity index (χ0v) is 19.7. The van der Waals surface area contributed by atoms with E-state index in [4.69, 9.17) is 26.4 Å². The number of hydrogen-bond donors (Lipinski definition) is 2. The highest BCUT2D eigenvalue weighted by Gasteiger charge is 2.33. The average Bonchev–Trinajstić information content (AvgIpc) is 2.84. The monoisotopic (exact) mass is 510 g/mol. The van der Waals surface area contributed by atoms with E-state index >= 15 is 0 Å². The molecular weight excluding hydrogens is 485 g/mol. The van der Waals surface area contributed by atoms with Crippen molar-refractivity contribution in [1.82, 2.24) is 10.3 Å². The first-order chi connectivity index (χ1) is 16.8. The highest BCUT2D eigenvalue weighted by atomic mass is 32.1. The first-order valence-electron chi connectivity index (χ1n) is 10.8. The number of ether oxygens (including phenoxy) is 3. The van der Waals surface area contributed by atoms with Crippen LogP contribution in [0.5, 0.6) is 11.5 Å². The highest BCUT2D eigenvalue weighted by Crippen LogP contribution is 2.34. The summed E-state index contributed by atoms with van der Waals surface area (Å²) in [5.74, 6) is 0.684. The largest absolute Gasteiger partial charge is 0.490 e. The minimum atomic E-state index is -4.52. The summed E-state index contributed by atoms with van der Waals surface area (Å²) in [7, 11) is 0. The molecule has 2 N–H and O–H groups in total. The van der Waals surface area contributed by atoms with Gasteiger partial charge in [0, 0.05) is 13.1 Å². The molecule has 0 radical (unpaired) electrons. The predicted molar refractivity (Wildman–Crippen MR) is 129 cm³/mol. The molecule has 2 aromatic rings. The van der Waals surface area contributed by atoms with Crippen LogP contribution >= 0.6 is 12.2 Å². The number of thiocarbonyl (C=S) groups is 1. The van der Waals surface area contributed by atoms with Gasteiger partial charge in [-0.15, -0.1) is 0 Å². The molecule has 0 spiro atoms. The van der Waals surface area contributed by atoms with E-state index in [-0.39, 0.29) is 23.3 Å². The number of hydrazone groups is 1. The summed E-state index contributed by atoms with van der Waals surface area (Å²) in [6, 6.07) is 10.0. The molecule has 3 rings (SSSR count). The summed E-state index contributed by atoms with van der Waals surface area (Å²) >= 11 is 5.04. The molecular formula is C23H25F3N4O4S. The van der Waals surface area contributed by atoms with Crippen LogP contribution in [-0.4, -0.2) is 61.7 Å². The summed E-state index contributed by atoms with van der Waals surface area (Å²) in [5, 5.41) is 6.36. The van der Waals surface area contributed by atoms with Crippen LogP contribution in [0.4, 0.5) is 18.9 Å². The van der Waals surface area contributed by atoms with Crippen LogP contribution in [0.2, 0.25) is 0 Å². The van der Waals surface area contributed by atoms with Crippen LogP contribution in [0.25, 0.3) is 0 Å². The van der Waals surface area contributed by atoms with Gasteiger partial charge in [0.1, 0.15) is 0 Å². The third kappa shape index (κ3) is 7.82. The maximum absolute atomic E-state index is 13.1. The van der Waals surface area contributed by atoms with E-state index in [1.807, 2.05) is 6.92 Å². The molecule has 2 aromatic carbocycles. The highest BCUT2D eigenvalue weighted by molar-refractivity contribution is 7.80.